The lowest BCUT2D eigenvalue weighted by molar-refractivity contribution is 0.00420. The van der Waals surface area contributed by atoms with Crippen LogP contribution in [0, 0.1) is 5.41 Å². The van der Waals surface area contributed by atoms with Crippen molar-refractivity contribution in [1.29, 1.82) is 0 Å². The quantitative estimate of drug-likeness (QED) is 0.418. The van der Waals surface area contributed by atoms with Crippen LogP contribution in [0.1, 0.15) is 62.3 Å². The second kappa shape index (κ2) is 5.85. The molecule has 0 aromatic carbocycles. The van der Waals surface area contributed by atoms with E-state index in [0.717, 1.165) is 0 Å². The van der Waals surface area contributed by atoms with E-state index in [0.29, 0.717) is 0 Å². The van der Waals surface area contributed by atoms with Crippen LogP contribution in [0.4, 0.5) is 0 Å². The van der Waals surface area contributed by atoms with E-state index < -0.39 is 0 Å². The van der Waals surface area contributed by atoms with Crippen molar-refractivity contribution in [2.45, 2.75) is 78.7 Å². The number of hydrogen-bond donors (Lipinski definition) is 0. The van der Waals surface area contributed by atoms with Gasteiger partial charge >= 0.3 is 0 Å². The van der Waals surface area contributed by atoms with E-state index in [-0.39, 0.29) is 21.8 Å². The molecule has 2 nitrogen and oxygen atoms in total. The van der Waals surface area contributed by atoms with E-state index in [1.54, 1.807) is 14.7 Å². The van der Waals surface area contributed by atoms with Gasteiger partial charge in [0.15, 0.2) is 0 Å². The molecule has 5 heteroatoms. The first kappa shape index (κ1) is 18.5. The summed E-state index contributed by atoms with van der Waals surface area (Å²) in [6, 6.07) is 0. The smallest absolute Gasteiger partial charge is 0.283 e. The lowest BCUT2D eigenvalue weighted by Gasteiger charge is -2.41. The maximum absolute atomic E-state index is 5.79. The van der Waals surface area contributed by atoms with Gasteiger partial charge in [-0.2, -0.15) is 0 Å². The van der Waals surface area contributed by atoms with Gasteiger partial charge in [0, 0.05) is 10.8 Å². The molecule has 0 heterocycles. The molecule has 0 aliphatic heterocycles. The van der Waals surface area contributed by atoms with E-state index >= 15 is 0 Å². The molecule has 0 rings (SSSR count). The third-order valence-electron chi connectivity index (χ3n) is 4.14. The Morgan fingerprint density at radius 2 is 1.00 bits per heavy atom. The van der Waals surface area contributed by atoms with Crippen molar-refractivity contribution in [3.63, 3.8) is 0 Å². The molecule has 0 bridgehead atoms. The topological polar surface area (TPSA) is 18.5 Å². The SMILES string of the molecule is CC(C)(C)C(C)(C)O[B][B]OC(C)(C)C(C)(C)P. The molecule has 1 unspecified atom stereocenters. The van der Waals surface area contributed by atoms with Crippen LogP contribution in [0.5, 0.6) is 0 Å². The first-order valence-corrected chi connectivity index (χ1v) is 7.08. The fourth-order valence-electron chi connectivity index (χ4n) is 0.724. The maximum Gasteiger partial charge on any atom is 0.283 e. The lowest BCUT2D eigenvalue weighted by Crippen LogP contribution is -2.46. The van der Waals surface area contributed by atoms with E-state index in [1.165, 1.54) is 0 Å². The Balaban J connectivity index is 4.17. The van der Waals surface area contributed by atoms with Gasteiger partial charge in [0.25, 0.3) is 14.7 Å². The number of rotatable bonds is 6. The minimum Gasteiger partial charge on any atom is -0.442 e. The monoisotopic (exact) mass is 270 g/mol. The Labute approximate surface area is 118 Å². The standard InChI is InChI=1S/C13H29B2O2P/c1-10(2,3)11(4,5)16-14-15-17-12(6,7)13(8,9)18/h18H2,1-9H3. The van der Waals surface area contributed by atoms with Gasteiger partial charge in [0.05, 0.1) is 5.60 Å². The third kappa shape index (κ3) is 5.23. The van der Waals surface area contributed by atoms with Gasteiger partial charge < -0.3 is 9.31 Å². The Hall–Kier alpha value is 0.480. The zero-order chi connectivity index (χ0) is 14.8. The van der Waals surface area contributed by atoms with Crippen LogP contribution in [0.3, 0.4) is 0 Å². The highest BCUT2D eigenvalue weighted by atomic mass is 31.0. The molecule has 0 aromatic heterocycles. The van der Waals surface area contributed by atoms with Crippen LogP contribution in [-0.4, -0.2) is 31.1 Å². The summed E-state index contributed by atoms with van der Waals surface area (Å²) in [5, 5.41) is -0.00309. The van der Waals surface area contributed by atoms with Crippen molar-refractivity contribution in [2.24, 2.45) is 5.41 Å². The second-order valence-corrected chi connectivity index (χ2v) is 8.94. The second-order valence-electron chi connectivity index (χ2n) is 7.50. The molecule has 0 spiro atoms. The number of hydrogen-bond acceptors (Lipinski definition) is 2. The fraction of sp³-hybridized carbons (Fsp3) is 1.00. The van der Waals surface area contributed by atoms with E-state index in [2.05, 4.69) is 71.6 Å². The van der Waals surface area contributed by atoms with Crippen molar-refractivity contribution in [3.05, 3.63) is 0 Å². The van der Waals surface area contributed by atoms with Crippen LogP contribution in [-0.2, 0) is 9.31 Å². The molecule has 0 aliphatic rings. The fourth-order valence-corrected chi connectivity index (χ4v) is 0.792. The van der Waals surface area contributed by atoms with Gasteiger partial charge in [-0.15, -0.1) is 9.24 Å². The van der Waals surface area contributed by atoms with Gasteiger partial charge in [-0.3, -0.25) is 0 Å². The molecule has 0 fully saturated rings. The van der Waals surface area contributed by atoms with E-state index in [9.17, 15) is 0 Å². The van der Waals surface area contributed by atoms with Crippen LogP contribution in [0.2, 0.25) is 0 Å². The van der Waals surface area contributed by atoms with E-state index in [4.69, 9.17) is 9.31 Å². The normalized spacial score (nSPS) is 14.6. The zero-order valence-corrected chi connectivity index (χ0v) is 14.7. The molecule has 1 atom stereocenters. The van der Waals surface area contributed by atoms with Crippen LogP contribution >= 0.6 is 9.24 Å². The van der Waals surface area contributed by atoms with Gasteiger partial charge in [0.2, 0.25) is 0 Å². The van der Waals surface area contributed by atoms with Gasteiger partial charge in [-0.1, -0.05) is 34.6 Å². The molecule has 0 saturated heterocycles. The summed E-state index contributed by atoms with van der Waals surface area (Å²) in [7, 11) is 6.12. The van der Waals surface area contributed by atoms with Crippen molar-refractivity contribution in [2.75, 3.05) is 0 Å². The first-order valence-electron chi connectivity index (χ1n) is 6.50. The molecule has 0 aromatic rings. The molecule has 0 aliphatic carbocycles. The summed E-state index contributed by atoms with van der Waals surface area (Å²) >= 11 is 0. The summed E-state index contributed by atoms with van der Waals surface area (Å²) in [5.41, 5.74) is -0.413. The predicted molar refractivity (Wildman–Crippen MR) is 85.1 cm³/mol. The average molecular weight is 270 g/mol. The minimum atomic E-state index is -0.261. The molecule has 18 heavy (non-hydrogen) atoms. The molecular formula is C13H29B2O2P. The lowest BCUT2D eigenvalue weighted by atomic mass is 9.62. The summed E-state index contributed by atoms with van der Waals surface area (Å²) in [6.45, 7) is 19.1. The highest BCUT2D eigenvalue weighted by Crippen LogP contribution is 2.34. The molecular weight excluding hydrogens is 241 g/mol. The summed E-state index contributed by atoms with van der Waals surface area (Å²) in [4.78, 5) is 0. The highest BCUT2D eigenvalue weighted by molar-refractivity contribution is 7.19. The zero-order valence-electron chi connectivity index (χ0n) is 13.5. The van der Waals surface area contributed by atoms with Gasteiger partial charge in [-0.05, 0) is 33.1 Å². The maximum atomic E-state index is 5.79. The van der Waals surface area contributed by atoms with Crippen molar-refractivity contribution in [3.8, 4) is 0 Å². The summed E-state index contributed by atoms with van der Waals surface area (Å²) < 4.78 is 11.6. The van der Waals surface area contributed by atoms with Crippen LogP contribution in [0.15, 0.2) is 0 Å². The average Bonchev–Trinajstić information content (AvgIpc) is 2.08. The Morgan fingerprint density at radius 1 is 0.667 bits per heavy atom. The molecule has 0 N–H and O–H groups in total. The molecule has 104 valence electrons. The summed E-state index contributed by atoms with van der Waals surface area (Å²) in [6.07, 6.45) is 0. The van der Waals surface area contributed by atoms with Gasteiger partial charge in [0.1, 0.15) is 0 Å². The van der Waals surface area contributed by atoms with Crippen molar-refractivity contribution in [1.82, 2.24) is 0 Å². The Kier molecular flexibility index (Phi) is 6.01. The molecule has 0 amide bonds. The van der Waals surface area contributed by atoms with Gasteiger partial charge in [-0.25, -0.2) is 0 Å². The van der Waals surface area contributed by atoms with E-state index in [1.807, 2.05) is 0 Å². The Morgan fingerprint density at radius 3 is 1.28 bits per heavy atom. The Bertz CT molecular complexity index is 237. The van der Waals surface area contributed by atoms with Crippen LogP contribution in [0.25, 0.3) is 0 Å². The molecule has 0 saturated carbocycles. The largest absolute Gasteiger partial charge is 0.442 e. The predicted octanol–water partition coefficient (Wildman–Crippen LogP) is 3.43. The van der Waals surface area contributed by atoms with Crippen molar-refractivity contribution >= 4 is 24.0 Å². The first-order chi connectivity index (χ1) is 7.71. The highest BCUT2D eigenvalue weighted by Gasteiger charge is 2.35. The minimum absolute atomic E-state index is 0.00309. The van der Waals surface area contributed by atoms with Crippen molar-refractivity contribution < 1.29 is 9.31 Å². The summed E-state index contributed by atoms with van der Waals surface area (Å²) in [5.74, 6) is 0. The molecule has 2 radical (unpaired) electrons. The van der Waals surface area contributed by atoms with Crippen LogP contribution < -0.4 is 0 Å². The third-order valence-corrected chi connectivity index (χ3v) is 4.83.